The van der Waals surface area contributed by atoms with Gasteiger partial charge in [0.15, 0.2) is 0 Å². The Hall–Kier alpha value is -1.56. The maximum Gasteiger partial charge on any atom is -0.0219 e. The Morgan fingerprint density at radius 1 is 0.586 bits per heavy atom. The lowest BCUT2D eigenvalue weighted by Gasteiger charge is -2.12. The summed E-state index contributed by atoms with van der Waals surface area (Å²) in [5.74, 6) is 3.64. The minimum atomic E-state index is 0.642. The maximum atomic E-state index is 2.43. The first-order valence-corrected chi connectivity index (χ1v) is 11.9. The molecule has 0 heterocycles. The lowest BCUT2D eigenvalue weighted by atomic mass is 9.93. The molecule has 1 unspecified atom stereocenters. The van der Waals surface area contributed by atoms with Crippen molar-refractivity contribution in [3.8, 4) is 0 Å². The number of rotatable bonds is 4. The molecule has 0 spiro atoms. The van der Waals surface area contributed by atoms with E-state index in [0.717, 1.165) is 11.8 Å². The SMILES string of the molecule is CC.CC(C)c1ccc2c(c1)CC(C(C)C)C2.CC(C)c1cccc(C(C)C)c1. The van der Waals surface area contributed by atoms with Crippen molar-refractivity contribution in [2.75, 3.05) is 0 Å². The van der Waals surface area contributed by atoms with Crippen molar-refractivity contribution < 1.29 is 0 Å². The van der Waals surface area contributed by atoms with E-state index < -0.39 is 0 Å². The average Bonchev–Trinajstić information content (AvgIpc) is 3.14. The minimum absolute atomic E-state index is 0.642. The van der Waals surface area contributed by atoms with E-state index in [4.69, 9.17) is 0 Å². The van der Waals surface area contributed by atoms with Crippen LogP contribution < -0.4 is 0 Å². The molecule has 29 heavy (non-hydrogen) atoms. The van der Waals surface area contributed by atoms with E-state index in [-0.39, 0.29) is 0 Å². The van der Waals surface area contributed by atoms with Gasteiger partial charge in [0, 0.05) is 0 Å². The predicted octanol–water partition coefficient (Wildman–Crippen LogP) is 9.14. The summed E-state index contributed by atoms with van der Waals surface area (Å²) in [7, 11) is 0. The molecule has 0 radical (unpaired) electrons. The van der Waals surface area contributed by atoms with Crippen molar-refractivity contribution >= 4 is 0 Å². The van der Waals surface area contributed by atoms with E-state index in [0.29, 0.717) is 17.8 Å². The highest BCUT2D eigenvalue weighted by molar-refractivity contribution is 5.37. The van der Waals surface area contributed by atoms with E-state index >= 15 is 0 Å². The summed E-state index contributed by atoms with van der Waals surface area (Å²) in [6.07, 6.45) is 2.60. The van der Waals surface area contributed by atoms with Gasteiger partial charge in [-0.2, -0.15) is 0 Å². The van der Waals surface area contributed by atoms with E-state index in [1.165, 1.54) is 29.5 Å². The molecule has 3 rings (SSSR count). The quantitative estimate of drug-likeness (QED) is 0.485. The second kappa shape index (κ2) is 12.2. The van der Waals surface area contributed by atoms with Crippen LogP contribution in [-0.2, 0) is 12.8 Å². The zero-order valence-electron chi connectivity index (χ0n) is 20.8. The lowest BCUT2D eigenvalue weighted by Crippen LogP contribution is -2.07. The highest BCUT2D eigenvalue weighted by atomic mass is 14.3. The Labute approximate surface area is 182 Å². The fourth-order valence-corrected chi connectivity index (χ4v) is 3.78. The van der Waals surface area contributed by atoms with Crippen molar-refractivity contribution in [2.45, 2.75) is 99.8 Å². The molecule has 1 aliphatic carbocycles. The lowest BCUT2D eigenvalue weighted by molar-refractivity contribution is 0.404. The zero-order valence-corrected chi connectivity index (χ0v) is 20.8. The Balaban J connectivity index is 0.000000273. The molecule has 2 aromatic carbocycles. The summed E-state index contributed by atoms with van der Waals surface area (Å²) in [4.78, 5) is 0. The molecule has 2 aromatic rings. The third kappa shape index (κ3) is 7.65. The second-order valence-electron chi connectivity index (χ2n) is 9.57. The maximum absolute atomic E-state index is 2.43. The van der Waals surface area contributed by atoms with Crippen LogP contribution in [0.2, 0.25) is 0 Å². The van der Waals surface area contributed by atoms with Gasteiger partial charge in [-0.25, -0.2) is 0 Å². The standard InChI is InChI=1S/C15H22.C12H18.C2H6/c1-10(2)12-5-6-13-8-14(11(3)4)9-15(13)7-12;1-9(2)11-6-5-7-12(8-11)10(3)4;1-2/h5-7,10-11,14H,8-9H2,1-4H3;5-10H,1-4H3;1-2H3. The molecular weight excluding hydrogens is 348 g/mol. The Bertz CT molecular complexity index is 695. The minimum Gasteiger partial charge on any atom is -0.0683 e. The molecule has 1 aliphatic rings. The third-order valence-corrected chi connectivity index (χ3v) is 6.05. The summed E-state index contributed by atoms with van der Waals surface area (Å²) in [5, 5.41) is 0. The summed E-state index contributed by atoms with van der Waals surface area (Å²) in [6.45, 7) is 22.2. The number of hydrogen-bond donors (Lipinski definition) is 0. The summed E-state index contributed by atoms with van der Waals surface area (Å²) < 4.78 is 0. The van der Waals surface area contributed by atoms with Crippen molar-refractivity contribution in [3.63, 3.8) is 0 Å². The molecule has 0 saturated carbocycles. The highest BCUT2D eigenvalue weighted by Crippen LogP contribution is 2.33. The van der Waals surface area contributed by atoms with Crippen LogP contribution in [0.4, 0.5) is 0 Å². The topological polar surface area (TPSA) is 0 Å². The summed E-state index contributed by atoms with van der Waals surface area (Å²) >= 11 is 0. The largest absolute Gasteiger partial charge is 0.0683 e. The third-order valence-electron chi connectivity index (χ3n) is 6.05. The van der Waals surface area contributed by atoms with Crippen LogP contribution in [-0.4, -0.2) is 0 Å². The van der Waals surface area contributed by atoms with Crippen LogP contribution in [0.3, 0.4) is 0 Å². The highest BCUT2D eigenvalue weighted by Gasteiger charge is 2.24. The van der Waals surface area contributed by atoms with Crippen LogP contribution in [0, 0.1) is 11.8 Å². The average molecular weight is 395 g/mol. The van der Waals surface area contributed by atoms with E-state index in [2.05, 4.69) is 97.9 Å². The number of hydrogen-bond acceptors (Lipinski definition) is 0. The van der Waals surface area contributed by atoms with E-state index in [1.54, 1.807) is 11.1 Å². The van der Waals surface area contributed by atoms with Crippen LogP contribution in [0.25, 0.3) is 0 Å². The summed E-state index contributed by atoms with van der Waals surface area (Å²) in [6, 6.07) is 16.0. The first-order valence-electron chi connectivity index (χ1n) is 11.9. The fraction of sp³-hybridized carbons (Fsp3) is 0.586. The van der Waals surface area contributed by atoms with Gasteiger partial charge >= 0.3 is 0 Å². The van der Waals surface area contributed by atoms with E-state index in [1.807, 2.05) is 13.8 Å². The molecule has 0 aliphatic heterocycles. The van der Waals surface area contributed by atoms with Crippen molar-refractivity contribution in [2.24, 2.45) is 11.8 Å². The normalized spacial score (nSPS) is 15.2. The van der Waals surface area contributed by atoms with Gasteiger partial charge in [-0.1, -0.05) is 112 Å². The molecule has 0 N–H and O–H groups in total. The molecule has 0 nitrogen and oxygen atoms in total. The van der Waals surface area contributed by atoms with Crippen molar-refractivity contribution in [3.05, 3.63) is 70.3 Å². The molecule has 0 fully saturated rings. The van der Waals surface area contributed by atoms with Crippen LogP contribution in [0.15, 0.2) is 42.5 Å². The molecule has 0 heteroatoms. The molecule has 1 atom stereocenters. The van der Waals surface area contributed by atoms with Gasteiger partial charge in [-0.3, -0.25) is 0 Å². The second-order valence-corrected chi connectivity index (χ2v) is 9.57. The molecule has 0 bridgehead atoms. The van der Waals surface area contributed by atoms with Crippen LogP contribution >= 0.6 is 0 Å². The first kappa shape index (κ1) is 25.5. The predicted molar refractivity (Wildman–Crippen MR) is 132 cm³/mol. The summed E-state index contributed by atoms with van der Waals surface area (Å²) in [5.41, 5.74) is 7.60. The Kier molecular flexibility index (Phi) is 10.7. The van der Waals surface area contributed by atoms with Gasteiger partial charge < -0.3 is 0 Å². The fourth-order valence-electron chi connectivity index (χ4n) is 3.78. The molecule has 162 valence electrons. The Morgan fingerprint density at radius 3 is 1.48 bits per heavy atom. The van der Waals surface area contributed by atoms with Gasteiger partial charge in [-0.15, -0.1) is 0 Å². The van der Waals surface area contributed by atoms with Crippen molar-refractivity contribution in [1.29, 1.82) is 0 Å². The van der Waals surface area contributed by atoms with Gasteiger partial charge in [0.25, 0.3) is 0 Å². The number of fused-ring (bicyclic) bond motifs is 1. The van der Waals surface area contributed by atoms with Gasteiger partial charge in [0.05, 0.1) is 0 Å². The molecule has 0 saturated heterocycles. The van der Waals surface area contributed by atoms with Crippen LogP contribution in [0.1, 0.15) is 115 Å². The molecular formula is C29H46. The smallest absolute Gasteiger partial charge is 0.0219 e. The molecule has 0 aromatic heterocycles. The van der Waals surface area contributed by atoms with Crippen molar-refractivity contribution in [1.82, 2.24) is 0 Å². The van der Waals surface area contributed by atoms with Gasteiger partial charge in [0.1, 0.15) is 0 Å². The first-order chi connectivity index (χ1) is 13.7. The zero-order chi connectivity index (χ0) is 22.1. The van der Waals surface area contributed by atoms with Gasteiger partial charge in [0.2, 0.25) is 0 Å². The van der Waals surface area contributed by atoms with E-state index in [9.17, 15) is 0 Å². The number of benzene rings is 2. The monoisotopic (exact) mass is 394 g/mol. The Morgan fingerprint density at radius 2 is 1.03 bits per heavy atom. The molecule has 0 amide bonds. The van der Waals surface area contributed by atoms with Gasteiger partial charge in [-0.05, 0) is 70.2 Å². The van der Waals surface area contributed by atoms with Crippen LogP contribution in [0.5, 0.6) is 0 Å².